The molecule has 38 heavy (non-hydrogen) atoms. The summed E-state index contributed by atoms with van der Waals surface area (Å²) >= 11 is 0. The average Bonchev–Trinajstić information content (AvgIpc) is 2.95. The Hall–Kier alpha value is -3.83. The number of nitrogens with zero attached hydrogens (tertiary/aromatic N) is 5. The van der Waals surface area contributed by atoms with Gasteiger partial charge in [0.1, 0.15) is 17.4 Å². The summed E-state index contributed by atoms with van der Waals surface area (Å²) in [7, 11) is 0. The Morgan fingerprint density at radius 1 is 1.18 bits per heavy atom. The summed E-state index contributed by atoms with van der Waals surface area (Å²) in [6.07, 6.45) is 3.62. The van der Waals surface area contributed by atoms with E-state index in [0.29, 0.717) is 48.7 Å². The van der Waals surface area contributed by atoms with E-state index in [1.807, 2.05) is 25.1 Å². The number of halogens is 1. The number of fused-ring (bicyclic) bond motifs is 3. The van der Waals surface area contributed by atoms with Gasteiger partial charge in [-0.25, -0.2) is 19.3 Å². The summed E-state index contributed by atoms with van der Waals surface area (Å²) in [4.78, 5) is 16.9. The minimum atomic E-state index is -0.498. The Morgan fingerprint density at radius 2 is 1.97 bits per heavy atom. The van der Waals surface area contributed by atoms with E-state index >= 15 is 4.39 Å². The number of hydrogen-bond acceptors (Lipinski definition) is 7. The predicted octanol–water partition coefficient (Wildman–Crippen LogP) is 5.38. The second-order valence-electron chi connectivity index (χ2n) is 10.7. The maximum atomic E-state index is 15.2. The first kappa shape index (κ1) is 24.5. The second-order valence-corrected chi connectivity index (χ2v) is 10.7. The number of morpholine rings is 1. The molecule has 1 N–H and O–H groups in total. The van der Waals surface area contributed by atoms with Crippen molar-refractivity contribution in [1.29, 1.82) is 5.26 Å². The topological polar surface area (TPSA) is 95.2 Å². The molecule has 3 aliphatic rings. The normalized spacial score (nSPS) is 24.9. The Bertz CT molecular complexity index is 1480. The van der Waals surface area contributed by atoms with Gasteiger partial charge in [-0.1, -0.05) is 26.0 Å². The third-order valence-corrected chi connectivity index (χ3v) is 8.56. The van der Waals surface area contributed by atoms with Gasteiger partial charge in [0.15, 0.2) is 5.82 Å². The van der Waals surface area contributed by atoms with Crippen LogP contribution in [0.2, 0.25) is 0 Å². The van der Waals surface area contributed by atoms with Gasteiger partial charge in [-0.15, -0.1) is 0 Å². The Balaban J connectivity index is 1.56. The van der Waals surface area contributed by atoms with Crippen molar-refractivity contribution < 1.29 is 14.2 Å². The lowest BCUT2D eigenvalue weighted by atomic mass is 9.56. The monoisotopic (exact) mass is 511 g/mol. The van der Waals surface area contributed by atoms with Crippen LogP contribution in [0.4, 0.5) is 10.2 Å². The van der Waals surface area contributed by atoms with Crippen LogP contribution in [0.15, 0.2) is 53.9 Å². The molecule has 0 spiro atoms. The van der Waals surface area contributed by atoms with Crippen molar-refractivity contribution >= 4 is 5.82 Å². The first-order valence-electron chi connectivity index (χ1n) is 13.2. The smallest absolute Gasteiger partial charge is 0.160 e. The van der Waals surface area contributed by atoms with Gasteiger partial charge >= 0.3 is 0 Å². The van der Waals surface area contributed by atoms with E-state index in [9.17, 15) is 10.4 Å². The highest BCUT2D eigenvalue weighted by atomic mass is 19.1. The second kappa shape index (κ2) is 9.48. The zero-order chi connectivity index (χ0) is 26.4. The number of ether oxygens (including phenoxy) is 1. The highest BCUT2D eigenvalue weighted by Crippen LogP contribution is 2.54. The van der Waals surface area contributed by atoms with Crippen LogP contribution in [0.25, 0.3) is 22.6 Å². The fourth-order valence-electron chi connectivity index (χ4n) is 6.55. The first-order chi connectivity index (χ1) is 18.4. The summed E-state index contributed by atoms with van der Waals surface area (Å²) < 4.78 is 20.7. The standard InChI is InChI=1S/C30H30FN5O2/c1-18-23-8-7-22-26(21-5-3-4-6-24(21)31)34-29(35-28(22)30(23,2)16-20(17-32)27(18)37)19-9-10-33-25(15-19)36-11-13-38-14-12-36/h3-6,9-10,15,18,23,37H,7-8,11-14,16H2,1-2H3/t18-,23-,30-/m1/s1. The van der Waals surface area contributed by atoms with E-state index in [4.69, 9.17) is 14.7 Å². The van der Waals surface area contributed by atoms with Crippen LogP contribution in [0.1, 0.15) is 37.9 Å². The van der Waals surface area contributed by atoms with Crippen LogP contribution < -0.4 is 4.90 Å². The molecular formula is C30H30FN5O2. The van der Waals surface area contributed by atoms with Crippen LogP contribution in [0.5, 0.6) is 0 Å². The molecule has 194 valence electrons. The van der Waals surface area contributed by atoms with E-state index in [-0.39, 0.29) is 23.4 Å². The Kier molecular flexibility index (Phi) is 6.11. The number of aromatic nitrogens is 3. The molecule has 3 atom stereocenters. The number of aliphatic hydroxyl groups is 1. The summed E-state index contributed by atoms with van der Waals surface area (Å²) in [5, 5.41) is 20.6. The summed E-state index contributed by atoms with van der Waals surface area (Å²) in [6.45, 7) is 6.93. The lowest BCUT2D eigenvalue weighted by Crippen LogP contribution is -2.45. The highest BCUT2D eigenvalue weighted by Gasteiger charge is 2.50. The number of rotatable bonds is 3. The van der Waals surface area contributed by atoms with E-state index in [0.717, 1.165) is 42.1 Å². The molecule has 7 nitrogen and oxygen atoms in total. The fraction of sp³-hybridized carbons (Fsp3) is 0.400. The maximum Gasteiger partial charge on any atom is 0.160 e. The minimum absolute atomic E-state index is 0.102. The third kappa shape index (κ3) is 3.93. The molecule has 0 unspecified atom stereocenters. The predicted molar refractivity (Wildman–Crippen MR) is 142 cm³/mol. The number of allylic oxidation sites excluding steroid dienone is 2. The number of pyridine rings is 1. The molecule has 2 aliphatic carbocycles. The van der Waals surface area contributed by atoms with E-state index in [2.05, 4.69) is 22.9 Å². The average molecular weight is 512 g/mol. The van der Waals surface area contributed by atoms with Crippen molar-refractivity contribution in [3.05, 3.63) is 71.0 Å². The van der Waals surface area contributed by atoms with Crippen molar-refractivity contribution in [1.82, 2.24) is 15.0 Å². The summed E-state index contributed by atoms with van der Waals surface area (Å²) in [6, 6.07) is 12.8. The number of aliphatic hydroxyl groups excluding tert-OH is 1. The zero-order valence-corrected chi connectivity index (χ0v) is 21.6. The molecule has 8 heteroatoms. The lowest BCUT2D eigenvalue weighted by molar-refractivity contribution is 0.122. The molecule has 2 aromatic heterocycles. The molecule has 1 aromatic carbocycles. The van der Waals surface area contributed by atoms with Crippen LogP contribution in [0, 0.1) is 29.0 Å². The van der Waals surface area contributed by atoms with Gasteiger partial charge in [-0.05, 0) is 49.4 Å². The van der Waals surface area contributed by atoms with Crippen LogP contribution in [0.3, 0.4) is 0 Å². The molecular weight excluding hydrogens is 481 g/mol. The first-order valence-corrected chi connectivity index (χ1v) is 13.2. The number of nitriles is 1. The number of hydrogen-bond donors (Lipinski definition) is 1. The van der Waals surface area contributed by atoms with Crippen molar-refractivity contribution in [2.75, 3.05) is 31.2 Å². The quantitative estimate of drug-likeness (QED) is 0.505. The van der Waals surface area contributed by atoms with Gasteiger partial charge in [0.25, 0.3) is 0 Å². The summed E-state index contributed by atoms with van der Waals surface area (Å²) in [5.41, 5.74) is 3.50. The molecule has 6 rings (SSSR count). The van der Waals surface area contributed by atoms with Crippen LogP contribution in [-0.4, -0.2) is 46.4 Å². The van der Waals surface area contributed by atoms with Gasteiger partial charge in [-0.2, -0.15) is 5.26 Å². The van der Waals surface area contributed by atoms with Gasteiger partial charge < -0.3 is 14.7 Å². The van der Waals surface area contributed by atoms with E-state index < -0.39 is 5.41 Å². The van der Waals surface area contributed by atoms with E-state index in [1.165, 1.54) is 6.07 Å². The molecule has 1 saturated heterocycles. The van der Waals surface area contributed by atoms with Crippen molar-refractivity contribution in [3.8, 4) is 28.7 Å². The molecule has 0 saturated carbocycles. The highest BCUT2D eigenvalue weighted by molar-refractivity contribution is 5.70. The van der Waals surface area contributed by atoms with Crippen LogP contribution >= 0.6 is 0 Å². The third-order valence-electron chi connectivity index (χ3n) is 8.56. The van der Waals surface area contributed by atoms with Gasteiger partial charge in [0.05, 0.1) is 36.2 Å². The SMILES string of the molecule is C[C@H]1C(O)=C(C#N)C[C@@]2(C)c3nc(-c4ccnc(N5CCOCC5)c4)nc(-c4ccccc4F)c3CC[C@H]12. The van der Waals surface area contributed by atoms with Gasteiger partial charge in [0.2, 0.25) is 0 Å². The fourth-order valence-corrected chi connectivity index (χ4v) is 6.55. The van der Waals surface area contributed by atoms with Gasteiger partial charge in [-0.3, -0.25) is 0 Å². The number of anilines is 1. The zero-order valence-electron chi connectivity index (χ0n) is 21.6. The molecule has 1 aliphatic heterocycles. The minimum Gasteiger partial charge on any atom is -0.511 e. The van der Waals surface area contributed by atoms with E-state index in [1.54, 1.807) is 18.3 Å². The maximum absolute atomic E-state index is 15.2. The molecule has 0 amide bonds. The Morgan fingerprint density at radius 3 is 2.74 bits per heavy atom. The lowest BCUT2D eigenvalue weighted by Gasteiger charge is -2.48. The van der Waals surface area contributed by atoms with Crippen molar-refractivity contribution in [2.24, 2.45) is 11.8 Å². The molecule has 0 bridgehead atoms. The van der Waals surface area contributed by atoms with Crippen molar-refractivity contribution in [3.63, 3.8) is 0 Å². The Labute approximate surface area is 221 Å². The van der Waals surface area contributed by atoms with Gasteiger partial charge in [0, 0.05) is 47.3 Å². The number of benzene rings is 1. The molecule has 3 aromatic rings. The largest absolute Gasteiger partial charge is 0.511 e. The van der Waals surface area contributed by atoms with Crippen molar-refractivity contribution in [2.45, 2.75) is 38.5 Å². The molecule has 1 fully saturated rings. The molecule has 3 heterocycles. The molecule has 0 radical (unpaired) electrons. The summed E-state index contributed by atoms with van der Waals surface area (Å²) in [5.74, 6) is 1.12. The van der Waals surface area contributed by atoms with Crippen LogP contribution in [-0.2, 0) is 16.6 Å².